The van der Waals surface area contributed by atoms with Crippen LogP contribution in [0.3, 0.4) is 0 Å². The van der Waals surface area contributed by atoms with Gasteiger partial charge in [0, 0.05) is 19.3 Å². The number of nitrogens with one attached hydrogen (secondary N) is 2. The molecule has 0 atom stereocenters. The van der Waals surface area contributed by atoms with Crippen LogP contribution in [-0.2, 0) is 6.54 Å². The van der Waals surface area contributed by atoms with Gasteiger partial charge in [-0.3, -0.25) is 4.98 Å². The molecule has 0 aromatic carbocycles. The Morgan fingerprint density at radius 2 is 2.10 bits per heavy atom. The van der Waals surface area contributed by atoms with Gasteiger partial charge in [0.25, 0.3) is 0 Å². The van der Waals surface area contributed by atoms with Crippen LogP contribution in [0.5, 0.6) is 0 Å². The van der Waals surface area contributed by atoms with Crippen LogP contribution < -0.4 is 10.6 Å². The highest BCUT2D eigenvalue weighted by Crippen LogP contribution is 2.27. The second-order valence-corrected chi connectivity index (χ2v) is 5.65. The minimum absolute atomic E-state index is 0.536. The molecule has 116 valence electrons. The van der Waals surface area contributed by atoms with Crippen molar-refractivity contribution in [2.45, 2.75) is 51.2 Å². The van der Waals surface area contributed by atoms with Gasteiger partial charge >= 0.3 is 0 Å². The topological polar surface area (TPSA) is 69.5 Å². The lowest BCUT2D eigenvalue weighted by Gasteiger charge is -2.32. The van der Waals surface area contributed by atoms with E-state index >= 15 is 0 Å². The van der Waals surface area contributed by atoms with Crippen molar-refractivity contribution in [1.29, 1.82) is 0 Å². The fourth-order valence-corrected chi connectivity index (χ4v) is 2.63. The van der Waals surface area contributed by atoms with Gasteiger partial charge in [0.05, 0.1) is 17.8 Å². The predicted octanol–water partition coefficient (Wildman–Crippen LogP) is 1.83. The number of hydrogen-bond donors (Lipinski definition) is 3. The molecular weight excluding hydrogens is 264 g/mol. The Balaban J connectivity index is 1.89. The molecule has 1 aliphatic rings. The molecule has 1 aromatic heterocycles. The van der Waals surface area contributed by atoms with Gasteiger partial charge in [-0.05, 0) is 31.9 Å². The first-order valence-corrected chi connectivity index (χ1v) is 7.86. The Labute approximate surface area is 126 Å². The number of aliphatic imine (C=N–C) groups is 1. The van der Waals surface area contributed by atoms with Gasteiger partial charge in [-0.1, -0.05) is 25.3 Å². The van der Waals surface area contributed by atoms with Crippen LogP contribution in [0.4, 0.5) is 0 Å². The molecule has 0 radical (unpaired) electrons. The second-order valence-electron chi connectivity index (χ2n) is 5.65. The molecule has 21 heavy (non-hydrogen) atoms. The summed E-state index contributed by atoms with van der Waals surface area (Å²) in [6.45, 7) is 3.93. The Kier molecular flexibility index (Phi) is 5.99. The van der Waals surface area contributed by atoms with Crippen molar-refractivity contribution in [2.24, 2.45) is 4.99 Å². The average molecular weight is 290 g/mol. The van der Waals surface area contributed by atoms with Crippen LogP contribution in [0.1, 0.15) is 44.7 Å². The summed E-state index contributed by atoms with van der Waals surface area (Å²) in [6, 6.07) is 5.82. The maximum absolute atomic E-state index is 10.5. The van der Waals surface area contributed by atoms with E-state index in [1.54, 1.807) is 6.20 Å². The summed E-state index contributed by atoms with van der Waals surface area (Å²) >= 11 is 0. The molecule has 0 bridgehead atoms. The van der Waals surface area contributed by atoms with Crippen molar-refractivity contribution >= 4 is 5.96 Å². The standard InChI is InChI=1S/C16H26N4O/c1-2-17-15(19-12-14-8-4-7-11-18-14)20-13-16(21)9-5-3-6-10-16/h4,7-8,11,21H,2-3,5-6,9-10,12-13H2,1H3,(H2,17,19,20). The van der Waals surface area contributed by atoms with Crippen molar-refractivity contribution in [3.8, 4) is 0 Å². The van der Waals surface area contributed by atoms with E-state index in [-0.39, 0.29) is 0 Å². The van der Waals surface area contributed by atoms with E-state index in [0.717, 1.165) is 43.9 Å². The molecule has 1 aromatic rings. The molecule has 0 unspecified atom stereocenters. The van der Waals surface area contributed by atoms with Crippen molar-refractivity contribution < 1.29 is 5.11 Å². The molecule has 3 N–H and O–H groups in total. The smallest absolute Gasteiger partial charge is 0.191 e. The molecule has 1 saturated carbocycles. The average Bonchev–Trinajstić information content (AvgIpc) is 2.52. The van der Waals surface area contributed by atoms with Crippen molar-refractivity contribution in [2.75, 3.05) is 13.1 Å². The number of aliphatic hydroxyl groups is 1. The largest absolute Gasteiger partial charge is 0.388 e. The predicted molar refractivity (Wildman–Crippen MR) is 85.1 cm³/mol. The molecule has 2 rings (SSSR count). The molecule has 0 saturated heterocycles. The summed E-state index contributed by atoms with van der Waals surface area (Å²) in [5.41, 5.74) is 0.352. The van der Waals surface area contributed by atoms with Crippen LogP contribution in [0, 0.1) is 0 Å². The molecule has 1 fully saturated rings. The van der Waals surface area contributed by atoms with Crippen LogP contribution in [0.25, 0.3) is 0 Å². The highest BCUT2D eigenvalue weighted by molar-refractivity contribution is 5.79. The highest BCUT2D eigenvalue weighted by atomic mass is 16.3. The quantitative estimate of drug-likeness (QED) is 0.571. The molecule has 0 aliphatic heterocycles. The van der Waals surface area contributed by atoms with E-state index in [0.29, 0.717) is 13.1 Å². The minimum Gasteiger partial charge on any atom is -0.388 e. The van der Waals surface area contributed by atoms with Crippen LogP contribution in [0.15, 0.2) is 29.4 Å². The van der Waals surface area contributed by atoms with Crippen molar-refractivity contribution in [3.05, 3.63) is 30.1 Å². The summed E-state index contributed by atoms with van der Waals surface area (Å²) in [5.74, 6) is 0.738. The van der Waals surface area contributed by atoms with Gasteiger partial charge in [0.15, 0.2) is 5.96 Å². The summed E-state index contributed by atoms with van der Waals surface area (Å²) in [5, 5.41) is 17.0. The first kappa shape index (κ1) is 15.8. The SMILES string of the molecule is CCNC(=NCc1ccccn1)NCC1(O)CCCCC1. The van der Waals surface area contributed by atoms with Crippen molar-refractivity contribution in [3.63, 3.8) is 0 Å². The Morgan fingerprint density at radius 1 is 1.29 bits per heavy atom. The third kappa shape index (κ3) is 5.34. The zero-order chi connectivity index (χ0) is 15.0. The number of aromatic nitrogens is 1. The molecule has 5 nitrogen and oxygen atoms in total. The van der Waals surface area contributed by atoms with Gasteiger partial charge in [-0.25, -0.2) is 4.99 Å². The van der Waals surface area contributed by atoms with Gasteiger partial charge < -0.3 is 15.7 Å². The molecular formula is C16H26N4O. The first-order chi connectivity index (χ1) is 10.2. The lowest BCUT2D eigenvalue weighted by atomic mass is 9.85. The summed E-state index contributed by atoms with van der Waals surface area (Å²) in [6.07, 6.45) is 6.98. The molecule has 5 heteroatoms. The van der Waals surface area contributed by atoms with E-state index in [4.69, 9.17) is 0 Å². The molecule has 1 heterocycles. The lowest BCUT2D eigenvalue weighted by molar-refractivity contribution is 0.00859. The number of guanidine groups is 1. The summed E-state index contributed by atoms with van der Waals surface area (Å²) in [4.78, 5) is 8.78. The number of pyridine rings is 1. The fraction of sp³-hybridized carbons (Fsp3) is 0.625. The summed E-state index contributed by atoms with van der Waals surface area (Å²) < 4.78 is 0. The third-order valence-electron chi connectivity index (χ3n) is 3.84. The Hall–Kier alpha value is -1.62. The maximum Gasteiger partial charge on any atom is 0.191 e. The first-order valence-electron chi connectivity index (χ1n) is 7.86. The van der Waals surface area contributed by atoms with Gasteiger partial charge in [-0.2, -0.15) is 0 Å². The second kappa shape index (κ2) is 7.98. The third-order valence-corrected chi connectivity index (χ3v) is 3.84. The van der Waals surface area contributed by atoms with Crippen molar-refractivity contribution in [1.82, 2.24) is 15.6 Å². The Morgan fingerprint density at radius 3 is 2.76 bits per heavy atom. The normalized spacial score (nSPS) is 18.3. The van der Waals surface area contributed by atoms with Gasteiger partial charge in [0.2, 0.25) is 0 Å². The van der Waals surface area contributed by atoms with E-state index in [2.05, 4.69) is 20.6 Å². The van der Waals surface area contributed by atoms with E-state index in [1.165, 1.54) is 6.42 Å². The molecule has 0 amide bonds. The molecule has 0 spiro atoms. The van der Waals surface area contributed by atoms with Gasteiger partial charge in [-0.15, -0.1) is 0 Å². The number of hydrogen-bond acceptors (Lipinski definition) is 3. The zero-order valence-electron chi connectivity index (χ0n) is 12.8. The van der Waals surface area contributed by atoms with Gasteiger partial charge in [0.1, 0.15) is 0 Å². The van der Waals surface area contributed by atoms with Crippen LogP contribution in [0.2, 0.25) is 0 Å². The van der Waals surface area contributed by atoms with Crippen LogP contribution in [-0.4, -0.2) is 34.7 Å². The lowest BCUT2D eigenvalue weighted by Crippen LogP contribution is -2.48. The van der Waals surface area contributed by atoms with E-state index in [1.807, 2.05) is 25.1 Å². The Bertz CT molecular complexity index is 441. The fourth-order valence-electron chi connectivity index (χ4n) is 2.63. The number of rotatable bonds is 5. The number of nitrogens with zero attached hydrogens (tertiary/aromatic N) is 2. The summed E-state index contributed by atoms with van der Waals surface area (Å²) in [7, 11) is 0. The van der Waals surface area contributed by atoms with E-state index < -0.39 is 5.60 Å². The van der Waals surface area contributed by atoms with Crippen LogP contribution >= 0.6 is 0 Å². The molecule has 1 aliphatic carbocycles. The highest BCUT2D eigenvalue weighted by Gasteiger charge is 2.29. The van der Waals surface area contributed by atoms with E-state index in [9.17, 15) is 5.11 Å². The zero-order valence-corrected chi connectivity index (χ0v) is 12.8. The maximum atomic E-state index is 10.5. The minimum atomic E-state index is -0.584. The monoisotopic (exact) mass is 290 g/mol.